The number of nitrogens with one attached hydrogen (secondary N) is 4. The fourth-order valence-corrected chi connectivity index (χ4v) is 3.17. The van der Waals surface area contributed by atoms with Gasteiger partial charge in [0.1, 0.15) is 5.82 Å². The van der Waals surface area contributed by atoms with E-state index in [2.05, 4.69) is 25.2 Å². The van der Waals surface area contributed by atoms with Gasteiger partial charge >= 0.3 is 5.69 Å². The molecule has 0 fully saturated rings. The van der Waals surface area contributed by atoms with Crippen LogP contribution in [0.3, 0.4) is 0 Å². The van der Waals surface area contributed by atoms with E-state index in [0.29, 0.717) is 0 Å². The Balaban J connectivity index is 1.85. The van der Waals surface area contributed by atoms with Crippen LogP contribution in [0.5, 0.6) is 0 Å². The molecule has 3 rings (SSSR count). The van der Waals surface area contributed by atoms with Crippen molar-refractivity contribution in [3.63, 3.8) is 0 Å². The highest BCUT2D eigenvalue weighted by molar-refractivity contribution is 7.92. The van der Waals surface area contributed by atoms with Crippen LogP contribution in [-0.2, 0) is 10.0 Å². The number of carbonyl (C=O) groups excluding carboxylic acids is 1. The molecule has 0 radical (unpaired) electrons. The lowest BCUT2D eigenvalue weighted by molar-refractivity contribution is 0.102. The molecule has 9 nitrogen and oxygen atoms in total. The first-order valence-electron chi connectivity index (χ1n) is 7.18. The summed E-state index contributed by atoms with van der Waals surface area (Å²) in [5, 5.41) is 7.90. The molecule has 3 aromatic rings. The third-order valence-corrected chi connectivity index (χ3v) is 4.62. The number of para-hydroxylation sites is 1. The Bertz CT molecular complexity index is 1120. The second kappa shape index (κ2) is 6.80. The van der Waals surface area contributed by atoms with Gasteiger partial charge < -0.3 is 0 Å². The number of aromatic nitrogens is 3. The molecule has 0 aliphatic heterocycles. The van der Waals surface area contributed by atoms with E-state index in [0.717, 1.165) is 12.1 Å². The first-order valence-corrected chi connectivity index (χ1v) is 8.67. The van der Waals surface area contributed by atoms with Crippen molar-refractivity contribution in [3.05, 3.63) is 70.4 Å². The second-order valence-electron chi connectivity index (χ2n) is 5.09. The van der Waals surface area contributed by atoms with Crippen LogP contribution in [0, 0.1) is 5.82 Å². The summed E-state index contributed by atoms with van der Waals surface area (Å²) in [7, 11) is -4.11. The molecule has 4 N–H and O–H groups in total. The average molecular weight is 377 g/mol. The maximum Gasteiger partial charge on any atom is 0.342 e. The van der Waals surface area contributed by atoms with Crippen LogP contribution in [0.15, 0.2) is 58.2 Å². The molecule has 0 aliphatic rings. The Kier molecular flexibility index (Phi) is 4.54. The summed E-state index contributed by atoms with van der Waals surface area (Å²) in [4.78, 5) is 25.1. The Morgan fingerprint density at radius 1 is 1.12 bits per heavy atom. The molecule has 0 saturated heterocycles. The fraction of sp³-hybridized carbons (Fsp3) is 0. The van der Waals surface area contributed by atoms with Crippen molar-refractivity contribution in [3.8, 4) is 0 Å². The second-order valence-corrected chi connectivity index (χ2v) is 6.78. The fourth-order valence-electron chi connectivity index (χ4n) is 2.06. The van der Waals surface area contributed by atoms with Crippen LogP contribution in [0.1, 0.15) is 10.4 Å². The van der Waals surface area contributed by atoms with Gasteiger partial charge in [-0.15, -0.1) is 5.10 Å². The lowest BCUT2D eigenvalue weighted by atomic mass is 10.2. The summed E-state index contributed by atoms with van der Waals surface area (Å²) in [5.74, 6) is -1.53. The SMILES string of the molecule is O=C(Nc1n[nH]c(=O)[nH]1)c1cccc(S(=O)(=O)Nc2ccccc2F)c1. The van der Waals surface area contributed by atoms with Crippen molar-refractivity contribution >= 4 is 27.6 Å². The quantitative estimate of drug-likeness (QED) is 0.531. The van der Waals surface area contributed by atoms with E-state index >= 15 is 0 Å². The van der Waals surface area contributed by atoms with Gasteiger partial charge in [0.2, 0.25) is 5.95 Å². The van der Waals surface area contributed by atoms with Crippen LogP contribution < -0.4 is 15.7 Å². The Hall–Kier alpha value is -3.47. The highest BCUT2D eigenvalue weighted by atomic mass is 32.2. The maximum atomic E-state index is 13.7. The number of sulfonamides is 1. The zero-order valence-corrected chi connectivity index (χ0v) is 13.8. The van der Waals surface area contributed by atoms with Crippen LogP contribution in [0.25, 0.3) is 0 Å². The van der Waals surface area contributed by atoms with Gasteiger partial charge in [-0.1, -0.05) is 18.2 Å². The number of anilines is 2. The van der Waals surface area contributed by atoms with Crippen molar-refractivity contribution in [1.29, 1.82) is 0 Å². The van der Waals surface area contributed by atoms with E-state index in [1.165, 1.54) is 36.4 Å². The van der Waals surface area contributed by atoms with Crippen molar-refractivity contribution < 1.29 is 17.6 Å². The number of aromatic amines is 2. The van der Waals surface area contributed by atoms with E-state index in [9.17, 15) is 22.4 Å². The van der Waals surface area contributed by atoms with Crippen LogP contribution >= 0.6 is 0 Å². The minimum Gasteiger partial charge on any atom is -0.291 e. The van der Waals surface area contributed by atoms with E-state index in [1.807, 2.05) is 0 Å². The lowest BCUT2D eigenvalue weighted by Gasteiger charge is -2.10. The zero-order chi connectivity index (χ0) is 18.7. The average Bonchev–Trinajstić information content (AvgIpc) is 3.02. The molecule has 26 heavy (non-hydrogen) atoms. The molecule has 11 heteroatoms. The monoisotopic (exact) mass is 377 g/mol. The minimum atomic E-state index is -4.11. The highest BCUT2D eigenvalue weighted by Crippen LogP contribution is 2.19. The summed E-state index contributed by atoms with van der Waals surface area (Å²) in [6.07, 6.45) is 0. The predicted molar refractivity (Wildman–Crippen MR) is 90.8 cm³/mol. The Morgan fingerprint density at radius 3 is 2.58 bits per heavy atom. The smallest absolute Gasteiger partial charge is 0.291 e. The van der Waals surface area contributed by atoms with Gasteiger partial charge in [0.05, 0.1) is 10.6 Å². The third kappa shape index (κ3) is 3.78. The molecular formula is C15H12FN5O4S. The molecule has 0 atom stereocenters. The number of hydrogen-bond acceptors (Lipinski definition) is 5. The number of rotatable bonds is 5. The summed E-state index contributed by atoms with van der Waals surface area (Å²) < 4.78 is 40.6. The summed E-state index contributed by atoms with van der Waals surface area (Å²) in [5.41, 5.74) is -0.813. The van der Waals surface area contributed by atoms with Gasteiger partial charge in [0.15, 0.2) is 0 Å². The molecule has 0 spiro atoms. The Labute approximate surface area is 146 Å². The molecular weight excluding hydrogens is 365 g/mol. The summed E-state index contributed by atoms with van der Waals surface area (Å²) in [6.45, 7) is 0. The van der Waals surface area contributed by atoms with E-state index in [1.54, 1.807) is 0 Å². The topological polar surface area (TPSA) is 137 Å². The first kappa shape index (κ1) is 17.4. The van der Waals surface area contributed by atoms with Gasteiger partial charge in [-0.2, -0.15) is 0 Å². The van der Waals surface area contributed by atoms with Crippen molar-refractivity contribution in [2.75, 3.05) is 10.0 Å². The number of hydrogen-bond donors (Lipinski definition) is 4. The van der Waals surface area contributed by atoms with Gasteiger partial charge in [0, 0.05) is 5.56 Å². The predicted octanol–water partition coefficient (Wildman–Crippen LogP) is 1.29. The molecule has 1 heterocycles. The number of carbonyl (C=O) groups is 1. The zero-order valence-electron chi connectivity index (χ0n) is 13.0. The first-order chi connectivity index (χ1) is 12.3. The molecule has 0 unspecified atom stereocenters. The molecule has 2 aromatic carbocycles. The number of benzene rings is 2. The molecule has 1 amide bonds. The van der Waals surface area contributed by atoms with Crippen LogP contribution in [-0.4, -0.2) is 29.5 Å². The highest BCUT2D eigenvalue weighted by Gasteiger charge is 2.18. The van der Waals surface area contributed by atoms with Gasteiger partial charge in [-0.25, -0.2) is 22.7 Å². The summed E-state index contributed by atoms with van der Waals surface area (Å²) in [6, 6.07) is 10.4. The van der Waals surface area contributed by atoms with Gasteiger partial charge in [-0.3, -0.25) is 19.8 Å². The van der Waals surface area contributed by atoms with Crippen LogP contribution in [0.4, 0.5) is 16.0 Å². The van der Waals surface area contributed by atoms with Crippen molar-refractivity contribution in [1.82, 2.24) is 15.2 Å². The molecule has 0 aliphatic carbocycles. The van der Waals surface area contributed by atoms with E-state index in [4.69, 9.17) is 0 Å². The number of amides is 1. The number of halogens is 1. The minimum absolute atomic E-state index is 0.00487. The molecule has 0 bridgehead atoms. The number of H-pyrrole nitrogens is 2. The Morgan fingerprint density at radius 2 is 1.88 bits per heavy atom. The van der Waals surface area contributed by atoms with E-state index < -0.39 is 27.4 Å². The van der Waals surface area contributed by atoms with Crippen molar-refractivity contribution in [2.24, 2.45) is 0 Å². The standard InChI is InChI=1S/C15H12FN5O4S/c16-11-6-1-2-7-12(11)21-26(24,25)10-5-3-4-9(8-10)13(22)17-14-18-15(23)20-19-14/h1-8,21H,(H3,17,18,19,20,22,23). The van der Waals surface area contributed by atoms with E-state index in [-0.39, 0.29) is 22.1 Å². The van der Waals surface area contributed by atoms with Gasteiger partial charge in [0.25, 0.3) is 15.9 Å². The number of nitrogens with zero attached hydrogens (tertiary/aromatic N) is 1. The lowest BCUT2D eigenvalue weighted by Crippen LogP contribution is -2.17. The largest absolute Gasteiger partial charge is 0.342 e. The van der Waals surface area contributed by atoms with Gasteiger partial charge in [-0.05, 0) is 30.3 Å². The molecule has 134 valence electrons. The summed E-state index contributed by atoms with van der Waals surface area (Å²) >= 11 is 0. The third-order valence-electron chi connectivity index (χ3n) is 3.26. The normalized spacial score (nSPS) is 11.1. The van der Waals surface area contributed by atoms with Crippen molar-refractivity contribution in [2.45, 2.75) is 4.90 Å². The maximum absolute atomic E-state index is 13.7. The molecule has 1 aromatic heterocycles. The molecule has 0 saturated carbocycles. The van der Waals surface area contributed by atoms with Crippen LogP contribution in [0.2, 0.25) is 0 Å².